The van der Waals surface area contributed by atoms with Crippen molar-refractivity contribution in [1.29, 1.82) is 0 Å². The predicted molar refractivity (Wildman–Crippen MR) is 77.8 cm³/mol. The number of imide groups is 1. The van der Waals surface area contributed by atoms with E-state index in [1.807, 2.05) is 0 Å². The molecule has 1 spiro atoms. The lowest BCUT2D eigenvalue weighted by Crippen LogP contribution is -2.53. The summed E-state index contributed by atoms with van der Waals surface area (Å²) in [7, 11) is 0. The second-order valence-electron chi connectivity index (χ2n) is 6.86. The Bertz CT molecular complexity index is 456. The minimum atomic E-state index is -0.313. The maximum atomic E-state index is 12.8. The number of amides is 2. The number of nitrogens with zero attached hydrogens (tertiary/aromatic N) is 1. The van der Waals surface area contributed by atoms with Gasteiger partial charge < -0.3 is 0 Å². The highest BCUT2D eigenvalue weighted by molar-refractivity contribution is 6.04. The molecule has 1 heterocycles. The van der Waals surface area contributed by atoms with Crippen LogP contribution in [0.3, 0.4) is 0 Å². The number of likely N-dealkylation sites (tertiary alicyclic amines) is 1. The molecule has 3 aliphatic rings. The van der Waals surface area contributed by atoms with Crippen molar-refractivity contribution < 1.29 is 9.59 Å². The number of allylic oxidation sites excluding steroid dienone is 1. The van der Waals surface area contributed by atoms with Gasteiger partial charge in [-0.2, -0.15) is 0 Å². The predicted octanol–water partition coefficient (Wildman–Crippen LogP) is 3.15. The van der Waals surface area contributed by atoms with Gasteiger partial charge in [0.1, 0.15) is 0 Å². The SMILES string of the molecule is CCCCC(CC)CN1C(=O)C2CC3(C=CC2C3)C1=O. The molecule has 3 rings (SSSR count). The highest BCUT2D eigenvalue weighted by Crippen LogP contribution is 2.56. The molecule has 2 fully saturated rings. The average molecular weight is 275 g/mol. The molecule has 20 heavy (non-hydrogen) atoms. The van der Waals surface area contributed by atoms with Gasteiger partial charge in [-0.1, -0.05) is 45.3 Å². The van der Waals surface area contributed by atoms with Crippen LogP contribution in [-0.4, -0.2) is 23.3 Å². The van der Waals surface area contributed by atoms with Crippen molar-refractivity contribution in [3.05, 3.63) is 12.2 Å². The zero-order valence-electron chi connectivity index (χ0n) is 12.6. The molecule has 0 aromatic heterocycles. The van der Waals surface area contributed by atoms with Crippen LogP contribution in [-0.2, 0) is 9.59 Å². The van der Waals surface area contributed by atoms with E-state index < -0.39 is 0 Å². The maximum absolute atomic E-state index is 12.8. The number of piperidine rings is 1. The molecule has 1 saturated heterocycles. The van der Waals surface area contributed by atoms with Gasteiger partial charge >= 0.3 is 0 Å². The molecule has 3 nitrogen and oxygen atoms in total. The fraction of sp³-hybridized carbons (Fsp3) is 0.765. The molecular weight excluding hydrogens is 250 g/mol. The molecule has 110 valence electrons. The van der Waals surface area contributed by atoms with E-state index in [0.717, 1.165) is 25.7 Å². The van der Waals surface area contributed by atoms with Crippen molar-refractivity contribution in [1.82, 2.24) is 4.90 Å². The summed E-state index contributed by atoms with van der Waals surface area (Å²) in [5, 5.41) is 0. The summed E-state index contributed by atoms with van der Waals surface area (Å²) in [6, 6.07) is 0. The fourth-order valence-electron chi connectivity index (χ4n) is 4.27. The number of hydrogen-bond acceptors (Lipinski definition) is 2. The Labute approximate surface area is 121 Å². The highest BCUT2D eigenvalue weighted by atomic mass is 16.2. The Hall–Kier alpha value is -1.12. The Morgan fingerprint density at radius 3 is 2.85 bits per heavy atom. The van der Waals surface area contributed by atoms with E-state index in [9.17, 15) is 9.59 Å². The molecule has 2 amide bonds. The van der Waals surface area contributed by atoms with Gasteiger partial charge in [0.05, 0.1) is 5.41 Å². The first-order valence-corrected chi connectivity index (χ1v) is 8.16. The maximum Gasteiger partial charge on any atom is 0.239 e. The molecule has 2 aliphatic carbocycles. The van der Waals surface area contributed by atoms with Crippen molar-refractivity contribution in [2.75, 3.05) is 6.54 Å². The topological polar surface area (TPSA) is 37.4 Å². The van der Waals surface area contributed by atoms with E-state index in [0.29, 0.717) is 18.4 Å². The van der Waals surface area contributed by atoms with E-state index in [-0.39, 0.29) is 23.1 Å². The molecule has 0 aromatic rings. The summed E-state index contributed by atoms with van der Waals surface area (Å²) in [6.07, 6.45) is 10.4. The van der Waals surface area contributed by atoms with Gasteiger partial charge in [0.15, 0.2) is 0 Å². The molecule has 0 N–H and O–H groups in total. The Morgan fingerprint density at radius 2 is 2.15 bits per heavy atom. The normalized spacial score (nSPS) is 36.0. The highest BCUT2D eigenvalue weighted by Gasteiger charge is 2.60. The number of carbonyl (C=O) groups excluding carboxylic acids is 2. The summed E-state index contributed by atoms with van der Waals surface area (Å²) in [5.41, 5.74) is -0.313. The van der Waals surface area contributed by atoms with Crippen LogP contribution in [0.25, 0.3) is 0 Å². The smallest absolute Gasteiger partial charge is 0.239 e. The van der Waals surface area contributed by atoms with Gasteiger partial charge in [0.2, 0.25) is 11.8 Å². The van der Waals surface area contributed by atoms with Gasteiger partial charge in [0.25, 0.3) is 0 Å². The molecule has 0 radical (unpaired) electrons. The van der Waals surface area contributed by atoms with Gasteiger partial charge in [-0.3, -0.25) is 14.5 Å². The van der Waals surface area contributed by atoms with Gasteiger partial charge in [-0.25, -0.2) is 0 Å². The molecule has 0 aromatic carbocycles. The van der Waals surface area contributed by atoms with Crippen molar-refractivity contribution in [2.24, 2.45) is 23.2 Å². The molecule has 4 atom stereocenters. The van der Waals surface area contributed by atoms with Crippen LogP contribution < -0.4 is 0 Å². The second kappa shape index (κ2) is 5.01. The van der Waals surface area contributed by atoms with Gasteiger partial charge in [0, 0.05) is 12.5 Å². The third-order valence-corrected chi connectivity index (χ3v) is 5.60. The zero-order chi connectivity index (χ0) is 14.3. The van der Waals surface area contributed by atoms with E-state index in [4.69, 9.17) is 0 Å². The number of carbonyl (C=O) groups is 2. The number of hydrogen-bond donors (Lipinski definition) is 0. The van der Waals surface area contributed by atoms with Crippen LogP contribution in [0, 0.1) is 23.2 Å². The molecule has 1 aliphatic heterocycles. The lowest BCUT2D eigenvalue weighted by atomic mass is 9.78. The van der Waals surface area contributed by atoms with Crippen LogP contribution in [0.2, 0.25) is 0 Å². The van der Waals surface area contributed by atoms with Crippen molar-refractivity contribution in [3.63, 3.8) is 0 Å². The Kier molecular flexibility index (Phi) is 3.47. The quantitative estimate of drug-likeness (QED) is 0.551. The standard InChI is InChI=1S/C17H25NO2/c1-3-5-6-12(4-2)11-18-15(19)14-10-17(16(18)20)8-7-13(14)9-17/h7-8,12-14H,3-6,9-11H2,1-2H3. The molecular formula is C17H25NO2. The minimum Gasteiger partial charge on any atom is -0.281 e. The van der Waals surface area contributed by atoms with Crippen LogP contribution >= 0.6 is 0 Å². The number of rotatable bonds is 6. The molecule has 4 unspecified atom stereocenters. The van der Waals surface area contributed by atoms with E-state index in [1.54, 1.807) is 4.90 Å². The van der Waals surface area contributed by atoms with Crippen molar-refractivity contribution in [2.45, 2.75) is 52.4 Å². The van der Waals surface area contributed by atoms with E-state index >= 15 is 0 Å². The fourth-order valence-corrected chi connectivity index (χ4v) is 4.27. The third-order valence-electron chi connectivity index (χ3n) is 5.60. The summed E-state index contributed by atoms with van der Waals surface area (Å²) in [4.78, 5) is 26.9. The Balaban J connectivity index is 1.75. The largest absolute Gasteiger partial charge is 0.281 e. The molecule has 1 saturated carbocycles. The van der Waals surface area contributed by atoms with Crippen LogP contribution in [0.4, 0.5) is 0 Å². The number of fused-ring (bicyclic) bond motifs is 3. The first-order chi connectivity index (χ1) is 9.61. The van der Waals surface area contributed by atoms with Crippen molar-refractivity contribution in [3.8, 4) is 0 Å². The first kappa shape index (κ1) is 13.8. The second-order valence-corrected chi connectivity index (χ2v) is 6.86. The Morgan fingerprint density at radius 1 is 1.35 bits per heavy atom. The molecule has 3 bridgehead atoms. The third kappa shape index (κ3) is 1.94. The van der Waals surface area contributed by atoms with Gasteiger partial charge in [-0.05, 0) is 31.1 Å². The summed E-state index contributed by atoms with van der Waals surface area (Å²) >= 11 is 0. The van der Waals surface area contributed by atoms with Gasteiger partial charge in [-0.15, -0.1) is 0 Å². The van der Waals surface area contributed by atoms with Crippen LogP contribution in [0.15, 0.2) is 12.2 Å². The van der Waals surface area contributed by atoms with E-state index in [1.165, 1.54) is 12.8 Å². The molecule has 3 heteroatoms. The number of unbranched alkanes of at least 4 members (excludes halogenated alkanes) is 1. The average Bonchev–Trinajstić information content (AvgIpc) is 3.03. The first-order valence-electron chi connectivity index (χ1n) is 8.16. The van der Waals surface area contributed by atoms with Crippen molar-refractivity contribution >= 4 is 11.8 Å². The lowest BCUT2D eigenvalue weighted by molar-refractivity contribution is -0.157. The minimum absolute atomic E-state index is 0.0846. The summed E-state index contributed by atoms with van der Waals surface area (Å²) in [6.45, 7) is 5.00. The monoisotopic (exact) mass is 275 g/mol. The zero-order valence-corrected chi connectivity index (χ0v) is 12.6. The lowest BCUT2D eigenvalue weighted by Gasteiger charge is -2.39. The van der Waals surface area contributed by atoms with Crippen LogP contribution in [0.1, 0.15) is 52.4 Å². The van der Waals surface area contributed by atoms with Crippen LogP contribution in [0.5, 0.6) is 0 Å². The van der Waals surface area contributed by atoms with E-state index in [2.05, 4.69) is 26.0 Å². The summed E-state index contributed by atoms with van der Waals surface area (Å²) in [5.74, 6) is 1.07. The summed E-state index contributed by atoms with van der Waals surface area (Å²) < 4.78 is 0.